The van der Waals surface area contributed by atoms with Crippen LogP contribution in [-0.2, 0) is 0 Å². The Kier molecular flexibility index (Phi) is 2.12. The summed E-state index contributed by atoms with van der Waals surface area (Å²) in [7, 11) is 0. The van der Waals surface area contributed by atoms with Crippen molar-refractivity contribution in [3.8, 4) is 6.07 Å². The van der Waals surface area contributed by atoms with Crippen molar-refractivity contribution in [2.24, 2.45) is 0 Å². The summed E-state index contributed by atoms with van der Waals surface area (Å²) in [6.45, 7) is 0. The molecule has 3 atom stereocenters. The van der Waals surface area contributed by atoms with Gasteiger partial charge in [0.05, 0.1) is 6.07 Å². The summed E-state index contributed by atoms with van der Waals surface area (Å²) < 4.78 is 0. The van der Waals surface area contributed by atoms with E-state index in [-0.39, 0.29) is 0 Å². The fraction of sp³-hybridized carbons (Fsp3) is 0.300. The minimum absolute atomic E-state index is 0.631. The topological polar surface area (TPSA) is 76.3 Å². The highest BCUT2D eigenvalue weighted by molar-refractivity contribution is 5.57. The van der Waals surface area contributed by atoms with Gasteiger partial charge in [0.25, 0.3) is 0 Å². The van der Waals surface area contributed by atoms with Crippen molar-refractivity contribution in [1.29, 1.82) is 5.26 Å². The van der Waals surface area contributed by atoms with Crippen LogP contribution in [0.2, 0.25) is 0 Å². The summed E-state index contributed by atoms with van der Waals surface area (Å²) in [5, 5.41) is 30.8. The van der Waals surface area contributed by atoms with E-state index in [9.17, 15) is 10.2 Å². The Bertz CT molecular complexity index is 386. The van der Waals surface area contributed by atoms with Crippen LogP contribution in [0.5, 0.6) is 0 Å². The molecule has 3 N–H and O–H groups in total. The van der Waals surface area contributed by atoms with Crippen molar-refractivity contribution < 1.29 is 10.2 Å². The molecule has 2 rings (SSSR count). The van der Waals surface area contributed by atoms with E-state index in [1.165, 1.54) is 0 Å². The second-order valence-electron chi connectivity index (χ2n) is 3.27. The number of hydrogen-bond donors (Lipinski definition) is 3. The predicted molar refractivity (Wildman–Crippen MR) is 50.4 cm³/mol. The third-order valence-corrected chi connectivity index (χ3v) is 2.39. The van der Waals surface area contributed by atoms with E-state index in [0.29, 0.717) is 11.3 Å². The number of nitrogens with one attached hydrogen (secondary N) is 1. The number of benzene rings is 1. The second-order valence-corrected chi connectivity index (χ2v) is 3.27. The molecule has 14 heavy (non-hydrogen) atoms. The number of anilines is 1. The number of hydrogen-bond acceptors (Lipinski definition) is 4. The number of rotatable bonds is 0. The van der Waals surface area contributed by atoms with E-state index < -0.39 is 18.2 Å². The second kappa shape index (κ2) is 3.29. The lowest BCUT2D eigenvalue weighted by Crippen LogP contribution is -2.41. The normalized spacial score (nSPS) is 29.9. The van der Waals surface area contributed by atoms with E-state index in [1.54, 1.807) is 18.2 Å². The lowest BCUT2D eigenvalue weighted by atomic mass is 9.93. The molecule has 0 amide bonds. The van der Waals surface area contributed by atoms with Crippen molar-refractivity contribution in [3.63, 3.8) is 0 Å². The predicted octanol–water partition coefficient (Wildman–Crippen LogP) is 0.399. The quantitative estimate of drug-likeness (QED) is 0.553. The smallest absolute Gasteiger partial charge is 0.143 e. The molecule has 0 saturated heterocycles. The first kappa shape index (κ1) is 9.00. The van der Waals surface area contributed by atoms with Gasteiger partial charge in [-0.3, -0.25) is 0 Å². The molecule has 0 saturated carbocycles. The average Bonchev–Trinajstić information content (AvgIpc) is 2.23. The molecule has 0 bridgehead atoms. The highest BCUT2D eigenvalue weighted by Gasteiger charge is 2.33. The molecule has 4 heteroatoms. The van der Waals surface area contributed by atoms with Crippen LogP contribution < -0.4 is 5.32 Å². The van der Waals surface area contributed by atoms with Crippen molar-refractivity contribution in [2.75, 3.05) is 5.32 Å². The molecule has 1 aliphatic heterocycles. The molecule has 1 aromatic carbocycles. The Labute approximate surface area is 81.4 Å². The zero-order valence-corrected chi connectivity index (χ0v) is 7.38. The van der Waals surface area contributed by atoms with Gasteiger partial charge in [-0.05, 0) is 6.07 Å². The van der Waals surface area contributed by atoms with E-state index in [1.807, 2.05) is 12.1 Å². The van der Waals surface area contributed by atoms with Crippen molar-refractivity contribution in [3.05, 3.63) is 29.8 Å². The highest BCUT2D eigenvalue weighted by Crippen LogP contribution is 2.32. The van der Waals surface area contributed by atoms with Crippen molar-refractivity contribution in [1.82, 2.24) is 0 Å². The Morgan fingerprint density at radius 2 is 2.00 bits per heavy atom. The fourth-order valence-electron chi connectivity index (χ4n) is 1.61. The van der Waals surface area contributed by atoms with Crippen LogP contribution in [-0.4, -0.2) is 22.4 Å². The summed E-state index contributed by atoms with van der Waals surface area (Å²) in [6, 6.07) is 8.24. The van der Waals surface area contributed by atoms with Gasteiger partial charge in [0, 0.05) is 11.3 Å². The van der Waals surface area contributed by atoms with Crippen LogP contribution in [0.1, 0.15) is 11.7 Å². The van der Waals surface area contributed by atoms with Crippen molar-refractivity contribution in [2.45, 2.75) is 18.2 Å². The molecule has 0 aliphatic carbocycles. The summed E-state index contributed by atoms with van der Waals surface area (Å²) in [5.41, 5.74) is 1.34. The number of para-hydroxylation sites is 1. The zero-order valence-electron chi connectivity index (χ0n) is 7.38. The van der Waals surface area contributed by atoms with Crippen LogP contribution in [0.25, 0.3) is 0 Å². The largest absolute Gasteiger partial charge is 0.387 e. The minimum atomic E-state index is -1.07. The maximum absolute atomic E-state index is 9.69. The lowest BCUT2D eigenvalue weighted by Gasteiger charge is -2.31. The van der Waals surface area contributed by atoms with Crippen LogP contribution in [0.15, 0.2) is 24.3 Å². The van der Waals surface area contributed by atoms with Gasteiger partial charge in [-0.15, -0.1) is 0 Å². The van der Waals surface area contributed by atoms with E-state index in [4.69, 9.17) is 5.26 Å². The third kappa shape index (κ3) is 1.23. The molecule has 1 aliphatic rings. The van der Waals surface area contributed by atoms with Gasteiger partial charge in [0.15, 0.2) is 0 Å². The number of nitrogens with zero attached hydrogens (tertiary/aromatic N) is 1. The Hall–Kier alpha value is -1.57. The molecule has 72 valence electrons. The first-order valence-corrected chi connectivity index (χ1v) is 4.35. The number of nitriles is 1. The van der Waals surface area contributed by atoms with Gasteiger partial charge in [0.1, 0.15) is 18.2 Å². The Morgan fingerprint density at radius 1 is 1.29 bits per heavy atom. The summed E-state index contributed by atoms with van der Waals surface area (Å²) >= 11 is 0. The molecule has 0 radical (unpaired) electrons. The standard InChI is InChI=1S/C10H10N2O2/c11-5-8-10(14)9(13)6-3-1-2-4-7(6)12-8/h1-4,8-10,12-14H/t8-,9-,10-/m0/s1. The third-order valence-electron chi connectivity index (χ3n) is 2.39. The minimum Gasteiger partial charge on any atom is -0.387 e. The molecule has 0 spiro atoms. The first-order chi connectivity index (χ1) is 6.74. The summed E-state index contributed by atoms with van der Waals surface area (Å²) in [4.78, 5) is 0. The van der Waals surface area contributed by atoms with Crippen LogP contribution >= 0.6 is 0 Å². The molecule has 4 nitrogen and oxygen atoms in total. The summed E-state index contributed by atoms with van der Waals surface area (Å²) in [6.07, 6.45) is -2.06. The van der Waals surface area contributed by atoms with E-state index in [0.717, 1.165) is 0 Å². The number of aliphatic hydroxyl groups excluding tert-OH is 2. The van der Waals surface area contributed by atoms with Crippen LogP contribution in [0, 0.1) is 11.3 Å². The molecular formula is C10H10N2O2. The Morgan fingerprint density at radius 3 is 2.71 bits per heavy atom. The van der Waals surface area contributed by atoms with Crippen molar-refractivity contribution >= 4 is 5.69 Å². The van der Waals surface area contributed by atoms with Gasteiger partial charge in [0.2, 0.25) is 0 Å². The zero-order chi connectivity index (χ0) is 10.1. The maximum Gasteiger partial charge on any atom is 0.143 e. The Balaban J connectivity index is 2.43. The van der Waals surface area contributed by atoms with Gasteiger partial charge < -0.3 is 15.5 Å². The maximum atomic E-state index is 9.69. The average molecular weight is 190 g/mol. The molecule has 1 aromatic rings. The molecule has 0 unspecified atom stereocenters. The fourth-order valence-corrected chi connectivity index (χ4v) is 1.61. The van der Waals surface area contributed by atoms with Crippen LogP contribution in [0.4, 0.5) is 5.69 Å². The number of aliphatic hydroxyl groups is 2. The van der Waals surface area contributed by atoms with Crippen LogP contribution in [0.3, 0.4) is 0 Å². The van der Waals surface area contributed by atoms with E-state index >= 15 is 0 Å². The molecule has 0 aromatic heterocycles. The lowest BCUT2D eigenvalue weighted by molar-refractivity contribution is 0.0120. The monoisotopic (exact) mass is 190 g/mol. The number of fused-ring (bicyclic) bond motifs is 1. The molecule has 0 fully saturated rings. The molecule has 1 heterocycles. The van der Waals surface area contributed by atoms with E-state index in [2.05, 4.69) is 5.32 Å². The van der Waals surface area contributed by atoms with Gasteiger partial charge >= 0.3 is 0 Å². The van der Waals surface area contributed by atoms with Gasteiger partial charge in [-0.2, -0.15) is 5.26 Å². The van der Waals surface area contributed by atoms with Gasteiger partial charge in [-0.25, -0.2) is 0 Å². The van der Waals surface area contributed by atoms with Gasteiger partial charge in [-0.1, -0.05) is 18.2 Å². The molecular weight excluding hydrogens is 180 g/mol. The summed E-state index contributed by atoms with van der Waals surface area (Å²) in [5.74, 6) is 0. The highest BCUT2D eigenvalue weighted by atomic mass is 16.3. The first-order valence-electron chi connectivity index (χ1n) is 4.35. The SMILES string of the molecule is N#C[C@@H]1Nc2ccccc2[C@H](O)[C@H]1O.